The summed E-state index contributed by atoms with van der Waals surface area (Å²) in [4.78, 5) is 26.7. The van der Waals surface area contributed by atoms with Crippen LogP contribution in [-0.2, 0) is 20.7 Å². The van der Waals surface area contributed by atoms with Gasteiger partial charge in [-0.1, -0.05) is 74.1 Å². The van der Waals surface area contributed by atoms with Crippen LogP contribution in [0.4, 0.5) is 0 Å². The number of amides is 1. The average Bonchev–Trinajstić information content (AvgIpc) is 3.06. The summed E-state index contributed by atoms with van der Waals surface area (Å²) in [5, 5.41) is 13.8. The van der Waals surface area contributed by atoms with Gasteiger partial charge in [-0.2, -0.15) is 0 Å². The lowest BCUT2D eigenvalue weighted by atomic mass is 9.63. The third-order valence-electron chi connectivity index (χ3n) is 7.82. The molecule has 1 aromatic rings. The van der Waals surface area contributed by atoms with Gasteiger partial charge in [0.15, 0.2) is 0 Å². The molecule has 0 aromatic heterocycles. The van der Waals surface area contributed by atoms with E-state index in [1.54, 1.807) is 6.08 Å². The van der Waals surface area contributed by atoms with Crippen molar-refractivity contribution in [3.63, 3.8) is 0 Å². The van der Waals surface area contributed by atoms with E-state index in [0.29, 0.717) is 12.8 Å². The van der Waals surface area contributed by atoms with Crippen LogP contribution in [0.25, 0.3) is 0 Å². The van der Waals surface area contributed by atoms with Gasteiger partial charge >= 0.3 is 5.97 Å². The van der Waals surface area contributed by atoms with Gasteiger partial charge < -0.3 is 15.2 Å². The first-order valence-corrected chi connectivity index (χ1v) is 12.0. The van der Waals surface area contributed by atoms with Crippen LogP contribution in [-0.4, -0.2) is 34.7 Å². The van der Waals surface area contributed by atoms with Crippen LogP contribution in [0.3, 0.4) is 0 Å². The first kappa shape index (κ1) is 23.5. The number of hydrogen-bond acceptors (Lipinski definition) is 4. The molecular formula is C28H35NO4. The molecule has 176 valence electrons. The van der Waals surface area contributed by atoms with Crippen LogP contribution in [0.1, 0.15) is 46.1 Å². The number of allylic oxidation sites excluding steroid dienone is 2. The third-order valence-corrected chi connectivity index (χ3v) is 7.82. The number of hydrogen-bond donors (Lipinski definition) is 2. The Balaban J connectivity index is 1.77. The van der Waals surface area contributed by atoms with E-state index < -0.39 is 17.7 Å². The second kappa shape index (κ2) is 9.30. The third kappa shape index (κ3) is 4.31. The molecule has 5 heteroatoms. The van der Waals surface area contributed by atoms with Gasteiger partial charge in [-0.05, 0) is 49.7 Å². The molecule has 0 saturated carbocycles. The Bertz CT molecular complexity index is 994. The second-order valence-electron chi connectivity index (χ2n) is 10.0. The number of carbonyl (C=O) groups is 2. The number of nitrogens with one attached hydrogen (secondary N) is 1. The molecule has 0 unspecified atom stereocenters. The number of rotatable bonds is 2. The molecule has 0 bridgehead atoms. The molecule has 1 amide bonds. The maximum absolute atomic E-state index is 13.7. The molecule has 7 atom stereocenters. The summed E-state index contributed by atoms with van der Waals surface area (Å²) < 4.78 is 6.18. The quantitative estimate of drug-likeness (QED) is 0.526. The zero-order valence-corrected chi connectivity index (χ0v) is 20.0. The monoisotopic (exact) mass is 449 g/mol. The number of esters is 1. The summed E-state index contributed by atoms with van der Waals surface area (Å²) in [6.07, 6.45) is 8.63. The predicted molar refractivity (Wildman–Crippen MR) is 128 cm³/mol. The summed E-state index contributed by atoms with van der Waals surface area (Å²) in [7, 11) is 0. The lowest BCUT2D eigenvalue weighted by Crippen LogP contribution is -2.56. The molecule has 0 radical (unpaired) electrons. The highest BCUT2D eigenvalue weighted by Gasteiger charge is 2.64. The lowest BCUT2D eigenvalue weighted by Gasteiger charge is -2.44. The van der Waals surface area contributed by atoms with Crippen LogP contribution in [0.2, 0.25) is 0 Å². The van der Waals surface area contributed by atoms with Gasteiger partial charge in [0.1, 0.15) is 0 Å². The smallest absolute Gasteiger partial charge is 0.310 e. The van der Waals surface area contributed by atoms with Gasteiger partial charge in [-0.3, -0.25) is 9.59 Å². The van der Waals surface area contributed by atoms with E-state index in [1.807, 2.05) is 44.2 Å². The molecule has 1 saturated heterocycles. The topological polar surface area (TPSA) is 75.6 Å². The predicted octanol–water partition coefficient (Wildman–Crippen LogP) is 4.13. The van der Waals surface area contributed by atoms with E-state index >= 15 is 0 Å². The Morgan fingerprint density at radius 3 is 2.58 bits per heavy atom. The van der Waals surface area contributed by atoms with Crippen LogP contribution in [0.5, 0.6) is 0 Å². The Kier molecular flexibility index (Phi) is 6.62. The highest BCUT2D eigenvalue weighted by Crippen LogP contribution is 2.50. The first-order valence-electron chi connectivity index (χ1n) is 12.0. The van der Waals surface area contributed by atoms with Crippen molar-refractivity contribution in [3.05, 3.63) is 71.3 Å². The zero-order valence-electron chi connectivity index (χ0n) is 20.0. The Labute approximate surface area is 196 Å². The number of aliphatic hydroxyl groups is 1. The number of benzene rings is 1. The number of carbonyl (C=O) groups excluding carboxylic acids is 2. The number of ether oxygens (including phenoxy) is 1. The summed E-state index contributed by atoms with van der Waals surface area (Å²) in [6.45, 7) is 8.06. The fourth-order valence-electron chi connectivity index (χ4n) is 5.80. The highest BCUT2D eigenvalue weighted by atomic mass is 16.6. The summed E-state index contributed by atoms with van der Waals surface area (Å²) >= 11 is 0. The molecule has 2 N–H and O–H groups in total. The van der Waals surface area contributed by atoms with Gasteiger partial charge in [0.2, 0.25) is 5.60 Å². The van der Waals surface area contributed by atoms with Crippen molar-refractivity contribution < 1.29 is 19.4 Å². The Morgan fingerprint density at radius 2 is 1.85 bits per heavy atom. The lowest BCUT2D eigenvalue weighted by molar-refractivity contribution is -0.176. The molecule has 1 aromatic carbocycles. The van der Waals surface area contributed by atoms with Crippen LogP contribution >= 0.6 is 0 Å². The molecule has 5 nitrogen and oxygen atoms in total. The second-order valence-corrected chi connectivity index (χ2v) is 10.0. The Morgan fingerprint density at radius 1 is 1.12 bits per heavy atom. The standard InChI is InChI=1S/C28H35NO4/c1-17-9-8-12-22-15-19(3)20(4)25-23(16-21-10-6-5-7-11-21)29-27(32)28(22,25)33-24(30)14-13-18(2)26(17)31/h5-8,10-13,15,17,20,22-23,25-26,31H,9,14,16H2,1-4H3,(H,29,32)/b12-8+,18-13-/t17-,20+,22-,23-,25-,26-,28+/m0/s1. The Hall–Kier alpha value is -2.66. The van der Waals surface area contributed by atoms with Gasteiger partial charge in [0.05, 0.1) is 12.5 Å². The van der Waals surface area contributed by atoms with Crippen LogP contribution in [0, 0.1) is 23.7 Å². The van der Waals surface area contributed by atoms with Crippen molar-refractivity contribution >= 4 is 11.9 Å². The van der Waals surface area contributed by atoms with Gasteiger partial charge in [-0.15, -0.1) is 0 Å². The van der Waals surface area contributed by atoms with E-state index in [0.717, 1.165) is 11.1 Å². The van der Waals surface area contributed by atoms with Crippen molar-refractivity contribution in [2.75, 3.05) is 0 Å². The molecule has 33 heavy (non-hydrogen) atoms. The van der Waals surface area contributed by atoms with Crippen molar-refractivity contribution in [1.82, 2.24) is 5.32 Å². The minimum atomic E-state index is -1.27. The van der Waals surface area contributed by atoms with E-state index in [4.69, 9.17) is 4.74 Å². The summed E-state index contributed by atoms with van der Waals surface area (Å²) in [5.74, 6) is -1.08. The molecular weight excluding hydrogens is 414 g/mol. The summed E-state index contributed by atoms with van der Waals surface area (Å²) in [5.41, 5.74) is 1.83. The molecule has 3 aliphatic rings. The first-order chi connectivity index (χ1) is 15.7. The van der Waals surface area contributed by atoms with E-state index in [1.165, 1.54) is 5.57 Å². The molecule has 1 spiro atoms. The van der Waals surface area contributed by atoms with Gasteiger partial charge in [-0.25, -0.2) is 0 Å². The van der Waals surface area contributed by atoms with E-state index in [9.17, 15) is 14.7 Å². The normalized spacial score (nSPS) is 39.4. The number of aliphatic hydroxyl groups excluding tert-OH is 1. The maximum Gasteiger partial charge on any atom is 0.310 e. The highest BCUT2D eigenvalue weighted by molar-refractivity contribution is 5.92. The largest absolute Gasteiger partial charge is 0.447 e. The van der Waals surface area contributed by atoms with Gasteiger partial charge in [0, 0.05) is 17.9 Å². The van der Waals surface area contributed by atoms with E-state index in [2.05, 4.69) is 37.4 Å². The minimum Gasteiger partial charge on any atom is -0.447 e. The van der Waals surface area contributed by atoms with Crippen molar-refractivity contribution in [1.29, 1.82) is 0 Å². The van der Waals surface area contributed by atoms with Crippen molar-refractivity contribution in [2.45, 2.75) is 64.7 Å². The van der Waals surface area contributed by atoms with Gasteiger partial charge in [0.25, 0.3) is 5.91 Å². The zero-order chi connectivity index (χ0) is 23.8. The van der Waals surface area contributed by atoms with Crippen molar-refractivity contribution in [2.24, 2.45) is 23.7 Å². The van der Waals surface area contributed by atoms with Crippen LogP contribution < -0.4 is 5.32 Å². The average molecular weight is 450 g/mol. The molecule has 2 aliphatic heterocycles. The minimum absolute atomic E-state index is 0.00974. The molecule has 1 fully saturated rings. The van der Waals surface area contributed by atoms with Crippen molar-refractivity contribution in [3.8, 4) is 0 Å². The molecule has 2 heterocycles. The molecule has 1 aliphatic carbocycles. The summed E-state index contributed by atoms with van der Waals surface area (Å²) in [6, 6.07) is 9.99. The van der Waals surface area contributed by atoms with E-state index in [-0.39, 0.29) is 42.0 Å². The fraction of sp³-hybridized carbons (Fsp3) is 0.500. The fourth-order valence-corrected chi connectivity index (χ4v) is 5.80. The maximum atomic E-state index is 13.7. The SMILES string of the molecule is CC1=C[C@@H]2/C=C/C[C@H](C)[C@H](O)/C(C)=C\CC(=O)O[C@]23C(=O)N[C@@H](Cc2ccccc2)[C@@H]3[C@@H]1C. The van der Waals surface area contributed by atoms with Crippen LogP contribution in [0.15, 0.2) is 65.8 Å². The molecule has 4 rings (SSSR count).